The van der Waals surface area contributed by atoms with Crippen LogP contribution in [0.15, 0.2) is 140 Å². The summed E-state index contributed by atoms with van der Waals surface area (Å²) in [6.07, 6.45) is 1.94. The molecule has 0 bridgehead atoms. The largest absolute Gasteiger partial charge is 0.457 e. The molecule has 0 spiro atoms. The van der Waals surface area contributed by atoms with E-state index in [2.05, 4.69) is 228 Å². The molecule has 324 valence electrons. The molecule has 10 rings (SSSR count). The van der Waals surface area contributed by atoms with Crippen molar-refractivity contribution in [2.75, 3.05) is 0 Å². The van der Waals surface area contributed by atoms with Crippen LogP contribution in [0.2, 0.25) is 0 Å². The van der Waals surface area contributed by atoms with E-state index >= 15 is 0 Å². The first-order valence-corrected chi connectivity index (χ1v) is 23.3. The third kappa shape index (κ3) is 6.45. The van der Waals surface area contributed by atoms with Gasteiger partial charge in [-0.25, -0.2) is 4.98 Å². The molecule has 0 aliphatic carbocycles. The van der Waals surface area contributed by atoms with Crippen molar-refractivity contribution in [3.8, 4) is 28.4 Å². The second kappa shape index (κ2) is 14.8. The van der Waals surface area contributed by atoms with Crippen LogP contribution in [0.3, 0.4) is 0 Å². The molecule has 2 aliphatic heterocycles. The SMILES string of the molecule is CC(C)c1cc(C(C)C)c(-c2cc(Oc3ccc4c5ccccc5n(-c5cc(C(C)(C)C)ccn5)c4c3)cc([N+]34[CH-][N@+]3(c3cccc(C(C)(C)C)c3)c3ccccc34)c2)c(C(C)C)c1. The van der Waals surface area contributed by atoms with Crippen molar-refractivity contribution in [1.82, 2.24) is 18.7 Å². The van der Waals surface area contributed by atoms with Crippen molar-refractivity contribution in [1.29, 1.82) is 0 Å². The fourth-order valence-corrected chi connectivity index (χ4v) is 10.3. The van der Waals surface area contributed by atoms with Crippen LogP contribution < -0.4 is 13.9 Å². The second-order valence-corrected chi connectivity index (χ2v) is 21.3. The highest BCUT2D eigenvalue weighted by molar-refractivity contribution is 6.09. The van der Waals surface area contributed by atoms with Gasteiger partial charge in [0.1, 0.15) is 17.3 Å². The number of aromatic nitrogens is 2. The molecule has 5 nitrogen and oxygen atoms in total. The average Bonchev–Trinajstić information content (AvgIpc) is 3.76. The summed E-state index contributed by atoms with van der Waals surface area (Å²) >= 11 is 0. The van der Waals surface area contributed by atoms with Crippen LogP contribution >= 0.6 is 0 Å². The number of para-hydroxylation sites is 3. The molecular formula is C59H63N4O+. The zero-order valence-corrected chi connectivity index (χ0v) is 39.8. The molecule has 2 aromatic heterocycles. The zero-order chi connectivity index (χ0) is 45.1. The summed E-state index contributed by atoms with van der Waals surface area (Å²) in [5.74, 6) is 3.59. The molecule has 1 saturated heterocycles. The maximum atomic E-state index is 7.22. The molecule has 4 heterocycles. The van der Waals surface area contributed by atoms with E-state index < -0.39 is 0 Å². The van der Waals surface area contributed by atoms with Gasteiger partial charge in [0, 0.05) is 59.4 Å². The maximum absolute atomic E-state index is 7.22. The topological polar surface area (TPSA) is 27.1 Å². The lowest BCUT2D eigenvalue weighted by atomic mass is 9.81. The molecule has 0 saturated carbocycles. The summed E-state index contributed by atoms with van der Waals surface area (Å²) in [6.45, 7) is 30.1. The van der Waals surface area contributed by atoms with Gasteiger partial charge in [0.25, 0.3) is 0 Å². The highest BCUT2D eigenvalue weighted by atomic mass is 16.5. The summed E-state index contributed by atoms with van der Waals surface area (Å²) in [7, 11) is 0. The predicted molar refractivity (Wildman–Crippen MR) is 270 cm³/mol. The Bertz CT molecular complexity index is 3110. The van der Waals surface area contributed by atoms with Gasteiger partial charge in [-0.3, -0.25) is 4.57 Å². The Hall–Kier alpha value is -6.01. The second-order valence-electron chi connectivity index (χ2n) is 21.3. The van der Waals surface area contributed by atoms with Crippen molar-refractivity contribution in [2.24, 2.45) is 0 Å². The van der Waals surface area contributed by atoms with Crippen molar-refractivity contribution in [3.05, 3.63) is 174 Å². The molecule has 64 heavy (non-hydrogen) atoms. The van der Waals surface area contributed by atoms with E-state index in [4.69, 9.17) is 9.72 Å². The van der Waals surface area contributed by atoms with Gasteiger partial charge in [0.2, 0.25) is 11.4 Å². The molecule has 5 heteroatoms. The number of hydrogen-bond acceptors (Lipinski definition) is 2. The van der Waals surface area contributed by atoms with Gasteiger partial charge < -0.3 is 4.74 Å². The normalized spacial score (nSPS) is 18.2. The fourth-order valence-electron chi connectivity index (χ4n) is 10.3. The monoisotopic (exact) mass is 843 g/mol. The van der Waals surface area contributed by atoms with Gasteiger partial charge in [-0.05, 0) is 104 Å². The Kier molecular flexibility index (Phi) is 9.68. The van der Waals surface area contributed by atoms with Crippen molar-refractivity contribution in [2.45, 2.75) is 112 Å². The minimum absolute atomic E-state index is 0.0168. The molecule has 2 aliphatic rings. The number of fused-ring (bicyclic) bond motifs is 7. The van der Waals surface area contributed by atoms with Crippen LogP contribution in [0, 0.1) is 6.67 Å². The van der Waals surface area contributed by atoms with E-state index in [1.165, 1.54) is 72.5 Å². The molecule has 1 unspecified atom stereocenters. The maximum Gasteiger partial charge on any atom is 0.225 e. The van der Waals surface area contributed by atoms with E-state index in [-0.39, 0.29) is 10.8 Å². The standard InChI is InChI=1S/C59H63N4O/c1-37(2)40-30-50(38(3)4)57(51(31-40)39(5)6)41-28-45(63-36-62(63,54-22-15-16-23-55(54)63)44-19-17-18-42(32-44)58(7,8)9)34-47(29-41)64-46-24-25-49-48-20-13-14-21-52(48)61(53(49)35-46)56-33-43(26-27-60-56)59(10,11)12/h13-39H,1-12H3/q+1/t62-,63?/m0/s1. The third-order valence-electron chi connectivity index (χ3n) is 13.9. The van der Waals surface area contributed by atoms with Gasteiger partial charge in [-0.1, -0.05) is 138 Å². The molecule has 1 fully saturated rings. The highest BCUT2D eigenvalue weighted by Gasteiger charge is 2.78. The highest BCUT2D eigenvalue weighted by Crippen LogP contribution is 2.75. The predicted octanol–water partition coefficient (Wildman–Crippen LogP) is 16.9. The molecule has 0 amide bonds. The number of benzene rings is 6. The molecule has 8 aromatic rings. The number of pyridine rings is 1. The van der Waals surface area contributed by atoms with E-state index in [0.717, 1.165) is 28.4 Å². The average molecular weight is 844 g/mol. The Morgan fingerprint density at radius 3 is 1.81 bits per heavy atom. The van der Waals surface area contributed by atoms with Crippen LogP contribution in [0.25, 0.3) is 38.8 Å². The first-order chi connectivity index (χ1) is 30.4. The first kappa shape index (κ1) is 42.0. The van der Waals surface area contributed by atoms with Gasteiger partial charge >= 0.3 is 0 Å². The summed E-state index contributed by atoms with van der Waals surface area (Å²) in [4.78, 5) is 4.96. The van der Waals surface area contributed by atoms with E-state index in [1.807, 2.05) is 6.20 Å². The first-order valence-electron chi connectivity index (χ1n) is 23.3. The molecule has 6 aromatic carbocycles. The minimum atomic E-state index is -0.0168. The lowest BCUT2D eigenvalue weighted by Crippen LogP contribution is -2.46. The van der Waals surface area contributed by atoms with Crippen LogP contribution in [0.5, 0.6) is 11.5 Å². The van der Waals surface area contributed by atoms with E-state index in [1.54, 1.807) is 0 Å². The third-order valence-corrected chi connectivity index (χ3v) is 13.9. The van der Waals surface area contributed by atoms with Gasteiger partial charge in [-0.15, -0.1) is 0 Å². The Labute approximate surface area is 380 Å². The zero-order valence-electron chi connectivity index (χ0n) is 39.8. The van der Waals surface area contributed by atoms with Crippen molar-refractivity contribution >= 4 is 44.6 Å². The lowest BCUT2D eigenvalue weighted by Gasteiger charge is -2.40. The summed E-state index contributed by atoms with van der Waals surface area (Å²) in [5.41, 5.74) is 16.5. The van der Waals surface area contributed by atoms with Crippen molar-refractivity contribution in [3.63, 3.8) is 0 Å². The number of hydrogen-bond donors (Lipinski definition) is 0. The van der Waals surface area contributed by atoms with Gasteiger partial charge in [0.05, 0.1) is 11.0 Å². The Morgan fingerprint density at radius 1 is 0.531 bits per heavy atom. The number of quaternary nitrogens is 2. The fraction of sp³-hybridized carbons (Fsp3) is 0.288. The molecule has 0 N–H and O–H groups in total. The quantitative estimate of drug-likeness (QED) is 0.0822. The lowest BCUT2D eigenvalue weighted by molar-refractivity contribution is 0.423. The molecule has 0 radical (unpaired) electrons. The van der Waals surface area contributed by atoms with Crippen molar-refractivity contribution < 1.29 is 4.74 Å². The number of ether oxygens (including phenoxy) is 1. The molecule has 2 atom stereocenters. The molecular weight excluding hydrogens is 781 g/mol. The number of nitrogens with zero attached hydrogens (tertiary/aromatic N) is 4. The van der Waals surface area contributed by atoms with Gasteiger partial charge in [0.15, 0.2) is 18.0 Å². The van der Waals surface area contributed by atoms with Gasteiger partial charge in [-0.2, -0.15) is 9.18 Å². The smallest absolute Gasteiger partial charge is 0.225 e. The van der Waals surface area contributed by atoms with Crippen LogP contribution in [-0.2, 0) is 10.8 Å². The van der Waals surface area contributed by atoms with Crippen LogP contribution in [0.1, 0.15) is 129 Å². The summed E-state index contributed by atoms with van der Waals surface area (Å²) in [5, 5.41) is 2.36. The van der Waals surface area contributed by atoms with Crippen LogP contribution in [-0.4, -0.2) is 9.55 Å². The summed E-state index contributed by atoms with van der Waals surface area (Å²) < 4.78 is 10.8. The van der Waals surface area contributed by atoms with Crippen LogP contribution in [0.4, 0.5) is 22.7 Å². The van der Waals surface area contributed by atoms with E-state index in [9.17, 15) is 0 Å². The Morgan fingerprint density at radius 2 is 1.16 bits per heavy atom. The Balaban J connectivity index is 1.19. The summed E-state index contributed by atoms with van der Waals surface area (Å²) in [6, 6.07) is 49.8. The number of rotatable bonds is 9. The van der Waals surface area contributed by atoms with E-state index in [0.29, 0.717) is 26.9 Å². The minimum Gasteiger partial charge on any atom is -0.457 e.